The fourth-order valence-corrected chi connectivity index (χ4v) is 2.81. The molecule has 2 aromatic rings. The van der Waals surface area contributed by atoms with Gasteiger partial charge in [0.15, 0.2) is 5.11 Å². The van der Waals surface area contributed by atoms with E-state index in [1.807, 2.05) is 6.92 Å². The molecular weight excluding hydrogens is 398 g/mol. The van der Waals surface area contributed by atoms with Gasteiger partial charge in [-0.3, -0.25) is 4.68 Å². The van der Waals surface area contributed by atoms with Crippen LogP contribution in [0.15, 0.2) is 18.2 Å². The number of anilines is 1. The van der Waals surface area contributed by atoms with Crippen LogP contribution < -0.4 is 10.6 Å². The average Bonchev–Trinajstić information content (AvgIpc) is 2.75. The van der Waals surface area contributed by atoms with Crippen LogP contribution in [0.5, 0.6) is 0 Å². The normalized spacial score (nSPS) is 10.7. The zero-order valence-electron chi connectivity index (χ0n) is 12.2. The highest BCUT2D eigenvalue weighted by atomic mass is 35.5. The first-order valence-corrected chi connectivity index (χ1v) is 8.69. The minimum absolute atomic E-state index is 0.454. The van der Waals surface area contributed by atoms with E-state index in [4.69, 9.17) is 58.6 Å². The summed E-state index contributed by atoms with van der Waals surface area (Å²) in [6.07, 6.45) is 0.780. The highest BCUT2D eigenvalue weighted by Crippen LogP contribution is 2.26. The van der Waals surface area contributed by atoms with Crippen LogP contribution in [-0.4, -0.2) is 21.4 Å². The monoisotopic (exact) mass is 410 g/mol. The number of thiocarbonyl (C=S) groups is 1. The van der Waals surface area contributed by atoms with Gasteiger partial charge in [-0.2, -0.15) is 5.10 Å². The Kier molecular flexibility index (Phi) is 6.80. The Hall–Kier alpha value is -0.720. The number of aromatic nitrogens is 2. The molecule has 0 aliphatic heterocycles. The molecule has 2 rings (SSSR count). The largest absolute Gasteiger partial charge is 0.362 e. The van der Waals surface area contributed by atoms with Gasteiger partial charge in [-0.15, -0.1) is 0 Å². The molecule has 0 spiro atoms. The molecule has 0 aliphatic rings. The van der Waals surface area contributed by atoms with Crippen molar-refractivity contribution in [1.82, 2.24) is 15.1 Å². The second kappa shape index (κ2) is 8.40. The molecule has 0 amide bonds. The molecule has 0 fully saturated rings. The van der Waals surface area contributed by atoms with Gasteiger partial charge in [-0.1, -0.05) is 46.4 Å². The average molecular weight is 412 g/mol. The number of rotatable bonds is 5. The van der Waals surface area contributed by atoms with Crippen molar-refractivity contribution in [1.29, 1.82) is 0 Å². The molecule has 1 aromatic heterocycles. The summed E-state index contributed by atoms with van der Waals surface area (Å²) in [7, 11) is 0. The molecule has 1 aromatic carbocycles. The van der Waals surface area contributed by atoms with E-state index in [1.54, 1.807) is 22.9 Å². The lowest BCUT2D eigenvalue weighted by Gasteiger charge is -2.12. The lowest BCUT2D eigenvalue weighted by atomic mass is 10.3. The summed E-state index contributed by atoms with van der Waals surface area (Å²) in [4.78, 5) is 0. The van der Waals surface area contributed by atoms with Gasteiger partial charge in [0, 0.05) is 18.1 Å². The maximum absolute atomic E-state index is 6.08. The molecule has 0 unspecified atom stereocenters. The van der Waals surface area contributed by atoms with Crippen molar-refractivity contribution in [2.45, 2.75) is 19.9 Å². The summed E-state index contributed by atoms with van der Waals surface area (Å²) >= 11 is 29.3. The Bertz CT molecular complexity index is 717. The van der Waals surface area contributed by atoms with Gasteiger partial charge in [-0.25, -0.2) is 0 Å². The van der Waals surface area contributed by atoms with Crippen LogP contribution in [0, 0.1) is 6.92 Å². The van der Waals surface area contributed by atoms with Crippen LogP contribution in [-0.2, 0) is 6.54 Å². The summed E-state index contributed by atoms with van der Waals surface area (Å²) < 4.78 is 1.67. The van der Waals surface area contributed by atoms with Crippen molar-refractivity contribution < 1.29 is 0 Å². The van der Waals surface area contributed by atoms with Gasteiger partial charge >= 0.3 is 0 Å². The van der Waals surface area contributed by atoms with Crippen LogP contribution in [0.1, 0.15) is 12.1 Å². The molecule has 0 aliphatic carbocycles. The van der Waals surface area contributed by atoms with Crippen molar-refractivity contribution in [3.05, 3.63) is 44.1 Å². The van der Waals surface area contributed by atoms with Gasteiger partial charge < -0.3 is 10.6 Å². The van der Waals surface area contributed by atoms with Crippen molar-refractivity contribution in [2.24, 2.45) is 0 Å². The van der Waals surface area contributed by atoms with Crippen LogP contribution in [0.4, 0.5) is 5.69 Å². The van der Waals surface area contributed by atoms with Gasteiger partial charge in [0.25, 0.3) is 0 Å². The fourth-order valence-electron chi connectivity index (χ4n) is 1.87. The number of hydrogen-bond acceptors (Lipinski definition) is 2. The molecule has 9 heteroatoms. The summed E-state index contributed by atoms with van der Waals surface area (Å²) in [6.45, 7) is 3.10. The zero-order valence-corrected chi connectivity index (χ0v) is 16.0. The van der Waals surface area contributed by atoms with Gasteiger partial charge in [0.05, 0.1) is 16.4 Å². The minimum Gasteiger partial charge on any atom is -0.362 e. The van der Waals surface area contributed by atoms with Crippen LogP contribution in [0.2, 0.25) is 20.2 Å². The first-order chi connectivity index (χ1) is 10.9. The molecule has 124 valence electrons. The van der Waals surface area contributed by atoms with Crippen LogP contribution >= 0.6 is 58.6 Å². The number of nitrogens with zero attached hydrogens (tertiary/aromatic N) is 2. The summed E-state index contributed by atoms with van der Waals surface area (Å²) in [5.74, 6) is 0. The van der Waals surface area contributed by atoms with Crippen LogP contribution in [0.3, 0.4) is 0 Å². The predicted octanol–water partition coefficient (Wildman–Crippen LogP) is 5.18. The van der Waals surface area contributed by atoms with Crippen molar-refractivity contribution in [2.75, 3.05) is 11.9 Å². The predicted molar refractivity (Wildman–Crippen MR) is 102 cm³/mol. The van der Waals surface area contributed by atoms with E-state index in [-0.39, 0.29) is 0 Å². The Morgan fingerprint density at radius 3 is 2.65 bits per heavy atom. The standard InChI is InChI=1S/C14H14Cl4N4S/c1-8-12(17)13(18)22(21-8)6-2-5-19-14(23)20-11-7-9(15)3-4-10(11)16/h3-4,7H,2,5-6H2,1H3,(H2,19,20,23). The smallest absolute Gasteiger partial charge is 0.170 e. The SMILES string of the molecule is Cc1nn(CCCNC(=S)Nc2cc(Cl)ccc2Cl)c(Cl)c1Cl. The lowest BCUT2D eigenvalue weighted by molar-refractivity contribution is 0.571. The molecule has 1 heterocycles. The summed E-state index contributed by atoms with van der Waals surface area (Å²) in [6, 6.07) is 5.14. The van der Waals surface area contributed by atoms with Gasteiger partial charge in [0.1, 0.15) is 10.2 Å². The zero-order chi connectivity index (χ0) is 17.0. The number of nitrogens with one attached hydrogen (secondary N) is 2. The molecule has 4 nitrogen and oxygen atoms in total. The molecular formula is C14H14Cl4N4S. The quantitative estimate of drug-likeness (QED) is 0.525. The fraction of sp³-hybridized carbons (Fsp3) is 0.286. The molecule has 23 heavy (non-hydrogen) atoms. The number of aryl methyl sites for hydroxylation is 2. The van der Waals surface area contributed by atoms with E-state index in [2.05, 4.69) is 15.7 Å². The maximum atomic E-state index is 6.08. The third-order valence-corrected chi connectivity index (χ3v) is 4.75. The van der Waals surface area contributed by atoms with E-state index in [0.717, 1.165) is 12.1 Å². The third-order valence-electron chi connectivity index (χ3n) is 3.00. The molecule has 0 atom stereocenters. The second-order valence-electron chi connectivity index (χ2n) is 4.77. The molecule has 0 saturated heterocycles. The number of benzene rings is 1. The van der Waals surface area contributed by atoms with Crippen LogP contribution in [0.25, 0.3) is 0 Å². The summed E-state index contributed by atoms with van der Waals surface area (Å²) in [5, 5.41) is 12.9. The highest BCUT2D eigenvalue weighted by molar-refractivity contribution is 7.80. The second-order valence-corrected chi connectivity index (χ2v) is 6.76. The van der Waals surface area contributed by atoms with E-state index < -0.39 is 0 Å². The maximum Gasteiger partial charge on any atom is 0.170 e. The molecule has 0 saturated carbocycles. The Morgan fingerprint density at radius 2 is 2.00 bits per heavy atom. The lowest BCUT2D eigenvalue weighted by Crippen LogP contribution is -2.30. The summed E-state index contributed by atoms with van der Waals surface area (Å²) in [5.41, 5.74) is 1.38. The van der Waals surface area contributed by atoms with Crippen molar-refractivity contribution in [3.63, 3.8) is 0 Å². The van der Waals surface area contributed by atoms with Crippen molar-refractivity contribution in [3.8, 4) is 0 Å². The molecule has 0 radical (unpaired) electrons. The van der Waals surface area contributed by atoms with E-state index in [0.29, 0.717) is 44.1 Å². The Morgan fingerprint density at radius 1 is 1.26 bits per heavy atom. The van der Waals surface area contributed by atoms with Gasteiger partial charge in [-0.05, 0) is 43.8 Å². The Labute approximate surface area is 160 Å². The topological polar surface area (TPSA) is 41.9 Å². The Balaban J connectivity index is 1.79. The molecule has 0 bridgehead atoms. The van der Waals surface area contributed by atoms with E-state index >= 15 is 0 Å². The van der Waals surface area contributed by atoms with E-state index in [9.17, 15) is 0 Å². The van der Waals surface area contributed by atoms with Crippen molar-refractivity contribution >= 4 is 69.4 Å². The first kappa shape index (κ1) is 18.6. The van der Waals surface area contributed by atoms with E-state index in [1.165, 1.54) is 0 Å². The third kappa shape index (κ3) is 5.13. The molecule has 2 N–H and O–H groups in total. The first-order valence-electron chi connectivity index (χ1n) is 6.77. The number of halogens is 4. The number of hydrogen-bond donors (Lipinski definition) is 2. The minimum atomic E-state index is 0.454. The van der Waals surface area contributed by atoms with Gasteiger partial charge in [0.2, 0.25) is 0 Å². The highest BCUT2D eigenvalue weighted by Gasteiger charge is 2.10.